The van der Waals surface area contributed by atoms with E-state index in [0.29, 0.717) is 36.3 Å². The lowest BCUT2D eigenvalue weighted by molar-refractivity contribution is 0.243. The third kappa shape index (κ3) is 4.88. The molecule has 0 aliphatic carbocycles. The highest BCUT2D eigenvalue weighted by Crippen LogP contribution is 2.20. The van der Waals surface area contributed by atoms with Gasteiger partial charge in [0.15, 0.2) is 0 Å². The lowest BCUT2D eigenvalue weighted by atomic mass is 10.0. The highest BCUT2D eigenvalue weighted by molar-refractivity contribution is 5.89. The molecule has 0 bridgehead atoms. The second-order valence-electron chi connectivity index (χ2n) is 6.74. The van der Waals surface area contributed by atoms with Crippen molar-refractivity contribution in [2.24, 2.45) is 0 Å². The summed E-state index contributed by atoms with van der Waals surface area (Å²) in [5.41, 5.74) is 4.53. The van der Waals surface area contributed by atoms with Gasteiger partial charge in [-0.15, -0.1) is 0 Å². The molecule has 0 saturated carbocycles. The molecule has 3 rings (SSSR count). The maximum Gasteiger partial charge on any atom is 0.319 e. The molecule has 0 fully saturated rings. The van der Waals surface area contributed by atoms with E-state index in [2.05, 4.69) is 27.8 Å². The molecule has 28 heavy (non-hydrogen) atoms. The average molecular weight is 382 g/mol. The van der Waals surface area contributed by atoms with Crippen molar-refractivity contribution in [1.82, 2.24) is 16.0 Å². The van der Waals surface area contributed by atoms with Crippen LogP contribution in [0.15, 0.2) is 48.7 Å². The number of carbonyl (C=O) groups is 2. The van der Waals surface area contributed by atoms with Crippen molar-refractivity contribution in [3.63, 3.8) is 0 Å². The SMILES string of the molecule is C=C1CCc2cc(NC(=O)NCc3c(C)cccc3F)ccc2CNC(=O)N1. The van der Waals surface area contributed by atoms with E-state index in [1.165, 1.54) is 6.07 Å². The van der Waals surface area contributed by atoms with Crippen LogP contribution in [0.3, 0.4) is 0 Å². The van der Waals surface area contributed by atoms with Crippen molar-refractivity contribution in [2.75, 3.05) is 5.32 Å². The molecule has 7 heteroatoms. The van der Waals surface area contributed by atoms with Crippen LogP contribution in [0.25, 0.3) is 0 Å². The minimum Gasteiger partial charge on any atom is -0.334 e. The first kappa shape index (κ1) is 19.4. The number of rotatable bonds is 3. The molecule has 1 aliphatic rings. The Hall–Kier alpha value is -3.35. The summed E-state index contributed by atoms with van der Waals surface area (Å²) in [6.07, 6.45) is 1.31. The third-order valence-electron chi connectivity index (χ3n) is 4.67. The molecular weight excluding hydrogens is 359 g/mol. The first-order valence-corrected chi connectivity index (χ1v) is 9.05. The Bertz CT molecular complexity index is 906. The molecule has 4 amide bonds. The van der Waals surface area contributed by atoms with Crippen LogP contribution in [0.2, 0.25) is 0 Å². The molecule has 0 saturated heterocycles. The molecule has 0 unspecified atom stereocenters. The summed E-state index contributed by atoms with van der Waals surface area (Å²) in [5, 5.41) is 10.9. The second kappa shape index (κ2) is 8.56. The topological polar surface area (TPSA) is 82.3 Å². The summed E-state index contributed by atoms with van der Waals surface area (Å²) >= 11 is 0. The summed E-state index contributed by atoms with van der Waals surface area (Å²) in [6, 6.07) is 9.67. The number of amides is 4. The molecule has 146 valence electrons. The number of aryl methyl sites for hydroxylation is 2. The Morgan fingerprint density at radius 1 is 1.21 bits per heavy atom. The van der Waals surface area contributed by atoms with Crippen LogP contribution in [0.4, 0.5) is 19.7 Å². The van der Waals surface area contributed by atoms with Gasteiger partial charge in [0.25, 0.3) is 0 Å². The van der Waals surface area contributed by atoms with Crippen molar-refractivity contribution >= 4 is 17.7 Å². The van der Waals surface area contributed by atoms with Crippen molar-refractivity contribution in [2.45, 2.75) is 32.9 Å². The number of allylic oxidation sites excluding steroid dienone is 1. The van der Waals surface area contributed by atoms with Crippen LogP contribution in [0, 0.1) is 12.7 Å². The van der Waals surface area contributed by atoms with E-state index in [0.717, 1.165) is 16.7 Å². The van der Waals surface area contributed by atoms with Gasteiger partial charge in [-0.2, -0.15) is 0 Å². The smallest absolute Gasteiger partial charge is 0.319 e. The Kier molecular flexibility index (Phi) is 5.93. The van der Waals surface area contributed by atoms with Gasteiger partial charge in [-0.05, 0) is 54.7 Å². The molecule has 0 aromatic heterocycles. The Morgan fingerprint density at radius 3 is 2.82 bits per heavy atom. The number of urea groups is 2. The van der Waals surface area contributed by atoms with Crippen LogP contribution < -0.4 is 21.3 Å². The summed E-state index contributed by atoms with van der Waals surface area (Å²) in [6.45, 7) is 6.14. The largest absolute Gasteiger partial charge is 0.334 e. The zero-order valence-corrected chi connectivity index (χ0v) is 15.7. The van der Waals surface area contributed by atoms with Crippen molar-refractivity contribution in [1.29, 1.82) is 0 Å². The van der Waals surface area contributed by atoms with E-state index in [1.807, 2.05) is 12.1 Å². The van der Waals surface area contributed by atoms with E-state index in [1.54, 1.807) is 25.1 Å². The summed E-state index contributed by atoms with van der Waals surface area (Å²) < 4.78 is 13.9. The van der Waals surface area contributed by atoms with Gasteiger partial charge in [-0.3, -0.25) is 0 Å². The molecule has 4 N–H and O–H groups in total. The van der Waals surface area contributed by atoms with Crippen LogP contribution >= 0.6 is 0 Å². The zero-order valence-electron chi connectivity index (χ0n) is 15.7. The van der Waals surface area contributed by atoms with Gasteiger partial charge in [0, 0.05) is 30.0 Å². The summed E-state index contributed by atoms with van der Waals surface area (Å²) in [7, 11) is 0. The monoisotopic (exact) mass is 382 g/mol. The Labute approximate surface area is 163 Å². The third-order valence-corrected chi connectivity index (χ3v) is 4.67. The standard InChI is InChI=1S/C21H23FN4O2/c1-13-4-3-5-19(22)18(13)12-24-21(28)26-17-9-8-16-11-23-20(27)25-14(2)6-7-15(16)10-17/h3-5,8-10H,2,6-7,11-12H2,1H3,(H2,23,25,27)(H2,24,26,28). The van der Waals surface area contributed by atoms with Crippen molar-refractivity contribution in [3.8, 4) is 0 Å². The number of nitrogens with one attached hydrogen (secondary N) is 4. The molecule has 0 spiro atoms. The van der Waals surface area contributed by atoms with Gasteiger partial charge in [0.1, 0.15) is 5.82 Å². The molecule has 2 aromatic rings. The molecule has 1 aliphatic heterocycles. The lowest BCUT2D eigenvalue weighted by Gasteiger charge is -2.13. The fourth-order valence-electron chi connectivity index (χ4n) is 3.07. The fraction of sp³-hybridized carbons (Fsp3) is 0.238. The van der Waals surface area contributed by atoms with E-state index in [4.69, 9.17) is 0 Å². The van der Waals surface area contributed by atoms with E-state index in [-0.39, 0.29) is 18.4 Å². The normalized spacial score (nSPS) is 13.9. The number of benzene rings is 2. The number of hydrogen-bond acceptors (Lipinski definition) is 2. The quantitative estimate of drug-likeness (QED) is 0.653. The molecule has 2 aromatic carbocycles. The van der Waals surface area contributed by atoms with Crippen LogP contribution in [-0.4, -0.2) is 12.1 Å². The van der Waals surface area contributed by atoms with Gasteiger partial charge in [0.2, 0.25) is 0 Å². The maximum absolute atomic E-state index is 13.9. The number of hydrogen-bond donors (Lipinski definition) is 4. The van der Waals surface area contributed by atoms with Crippen LogP contribution in [-0.2, 0) is 19.5 Å². The first-order chi connectivity index (χ1) is 13.4. The van der Waals surface area contributed by atoms with Gasteiger partial charge in [-0.25, -0.2) is 14.0 Å². The van der Waals surface area contributed by atoms with Crippen molar-refractivity contribution < 1.29 is 14.0 Å². The predicted octanol–water partition coefficient (Wildman–Crippen LogP) is 3.71. The van der Waals surface area contributed by atoms with E-state index >= 15 is 0 Å². The molecule has 6 nitrogen and oxygen atoms in total. The van der Waals surface area contributed by atoms with Gasteiger partial charge in [0.05, 0.1) is 0 Å². The van der Waals surface area contributed by atoms with Gasteiger partial charge < -0.3 is 21.3 Å². The maximum atomic E-state index is 13.9. The van der Waals surface area contributed by atoms with E-state index in [9.17, 15) is 14.0 Å². The summed E-state index contributed by atoms with van der Waals surface area (Å²) in [4.78, 5) is 23.9. The highest BCUT2D eigenvalue weighted by atomic mass is 19.1. The second-order valence-corrected chi connectivity index (χ2v) is 6.74. The van der Waals surface area contributed by atoms with Crippen LogP contribution in [0.5, 0.6) is 0 Å². The molecule has 0 atom stereocenters. The van der Waals surface area contributed by atoms with Crippen molar-refractivity contribution in [3.05, 3.63) is 76.7 Å². The molecular formula is C21H23FN4O2. The fourth-order valence-corrected chi connectivity index (χ4v) is 3.07. The minimum absolute atomic E-state index is 0.104. The highest BCUT2D eigenvalue weighted by Gasteiger charge is 2.13. The van der Waals surface area contributed by atoms with E-state index < -0.39 is 6.03 Å². The minimum atomic E-state index is -0.412. The average Bonchev–Trinajstić information content (AvgIpc) is 2.71. The van der Waals surface area contributed by atoms with Crippen LogP contribution in [0.1, 0.15) is 28.7 Å². The first-order valence-electron chi connectivity index (χ1n) is 9.05. The number of carbonyl (C=O) groups excluding carboxylic acids is 2. The number of fused-ring (bicyclic) bond motifs is 1. The zero-order chi connectivity index (χ0) is 20.1. The predicted molar refractivity (Wildman–Crippen MR) is 106 cm³/mol. The Balaban J connectivity index is 1.66. The molecule has 0 radical (unpaired) electrons. The Morgan fingerprint density at radius 2 is 2.04 bits per heavy atom. The number of anilines is 1. The number of halogens is 1. The lowest BCUT2D eigenvalue weighted by Crippen LogP contribution is -2.33. The van der Waals surface area contributed by atoms with Gasteiger partial charge in [-0.1, -0.05) is 24.8 Å². The molecule has 1 heterocycles. The summed E-state index contributed by atoms with van der Waals surface area (Å²) in [5.74, 6) is -0.339. The van der Waals surface area contributed by atoms with Gasteiger partial charge >= 0.3 is 12.1 Å².